The van der Waals surface area contributed by atoms with Crippen molar-refractivity contribution in [1.82, 2.24) is 15.1 Å². The number of nitrogens with zero attached hydrogens (tertiary/aromatic N) is 4. The third kappa shape index (κ3) is 3.76. The van der Waals surface area contributed by atoms with Crippen molar-refractivity contribution in [2.24, 2.45) is 0 Å². The van der Waals surface area contributed by atoms with E-state index in [2.05, 4.69) is 15.1 Å². The molecule has 0 radical (unpaired) electrons. The van der Waals surface area contributed by atoms with Crippen molar-refractivity contribution in [1.29, 1.82) is 0 Å². The number of carbonyl (C=O) groups is 2. The van der Waals surface area contributed by atoms with Crippen LogP contribution in [0, 0.1) is 13.8 Å². The molecular formula is C22H24N4O4S. The van der Waals surface area contributed by atoms with Crippen LogP contribution in [0.3, 0.4) is 0 Å². The Balaban J connectivity index is 1.60. The number of aryl methyl sites for hydroxylation is 2. The normalized spacial score (nSPS) is 18.6. The van der Waals surface area contributed by atoms with E-state index in [1.54, 1.807) is 11.8 Å². The predicted octanol–water partition coefficient (Wildman–Crippen LogP) is 4.20. The average molecular weight is 441 g/mol. The zero-order valence-electron chi connectivity index (χ0n) is 17.8. The van der Waals surface area contributed by atoms with Gasteiger partial charge in [0.1, 0.15) is 0 Å². The van der Waals surface area contributed by atoms with E-state index in [0.29, 0.717) is 57.1 Å². The van der Waals surface area contributed by atoms with Crippen LogP contribution in [-0.4, -0.2) is 46.1 Å². The smallest absolute Gasteiger partial charge is 0.261 e. The molecule has 162 valence electrons. The number of Topliss-reactive ketones (excluding diaryl/α,β-unsaturated/α-hetero) is 1. The summed E-state index contributed by atoms with van der Waals surface area (Å²) in [6.45, 7) is 6.21. The van der Waals surface area contributed by atoms with Crippen LogP contribution < -0.4 is 4.90 Å². The Kier molecular flexibility index (Phi) is 5.10. The molecule has 2 fully saturated rings. The van der Waals surface area contributed by atoms with Crippen LogP contribution in [0.5, 0.6) is 0 Å². The van der Waals surface area contributed by atoms with E-state index in [-0.39, 0.29) is 17.8 Å². The minimum Gasteiger partial charge on any atom is -0.376 e. The molecule has 9 heteroatoms. The second-order valence-electron chi connectivity index (χ2n) is 8.34. The zero-order chi connectivity index (χ0) is 21.7. The largest absolute Gasteiger partial charge is 0.376 e. The van der Waals surface area contributed by atoms with Gasteiger partial charge in [0.05, 0.1) is 39.9 Å². The van der Waals surface area contributed by atoms with Crippen LogP contribution in [0.15, 0.2) is 10.6 Å². The molecular weight excluding hydrogens is 416 g/mol. The summed E-state index contributed by atoms with van der Waals surface area (Å²) in [5.41, 5.74) is 3.04. The van der Waals surface area contributed by atoms with Gasteiger partial charge in [-0.15, -0.1) is 0 Å². The Morgan fingerprint density at radius 3 is 2.65 bits per heavy atom. The van der Waals surface area contributed by atoms with Crippen LogP contribution in [0.2, 0.25) is 0 Å². The molecule has 1 aliphatic carbocycles. The second kappa shape index (κ2) is 7.80. The molecule has 0 aromatic carbocycles. The topological polar surface area (TPSA) is 98.4 Å². The van der Waals surface area contributed by atoms with Crippen molar-refractivity contribution in [2.75, 3.05) is 18.1 Å². The highest BCUT2D eigenvalue weighted by atomic mass is 32.1. The molecule has 0 spiro atoms. The van der Waals surface area contributed by atoms with Crippen molar-refractivity contribution in [3.8, 4) is 0 Å². The number of rotatable bonds is 6. The fourth-order valence-electron chi connectivity index (χ4n) is 4.08. The number of hydrogen-bond acceptors (Lipinski definition) is 8. The van der Waals surface area contributed by atoms with Crippen LogP contribution in [0.4, 0.5) is 5.13 Å². The summed E-state index contributed by atoms with van der Waals surface area (Å²) in [6, 6.07) is 1.88. The van der Waals surface area contributed by atoms with Crippen LogP contribution in [0.1, 0.15) is 75.6 Å². The Morgan fingerprint density at radius 2 is 2.00 bits per heavy atom. The van der Waals surface area contributed by atoms with Gasteiger partial charge in [0, 0.05) is 25.1 Å². The average Bonchev–Trinajstić information content (AvgIpc) is 3.13. The molecule has 1 atom stereocenters. The number of ketones is 1. The van der Waals surface area contributed by atoms with E-state index in [1.807, 2.05) is 13.0 Å². The van der Waals surface area contributed by atoms with Gasteiger partial charge < -0.3 is 9.26 Å². The van der Waals surface area contributed by atoms with Gasteiger partial charge in [-0.2, -0.15) is 0 Å². The number of ether oxygens (including phenoxy) is 1. The Morgan fingerprint density at radius 1 is 1.19 bits per heavy atom. The molecule has 3 aromatic heterocycles. The van der Waals surface area contributed by atoms with Crippen molar-refractivity contribution >= 4 is 39.3 Å². The number of hydrogen-bond donors (Lipinski definition) is 0. The van der Waals surface area contributed by atoms with E-state index >= 15 is 0 Å². The Hall–Kier alpha value is -2.65. The molecule has 1 aliphatic heterocycles. The minimum atomic E-state index is -0.194. The third-order valence-electron chi connectivity index (χ3n) is 5.85. The first-order valence-corrected chi connectivity index (χ1v) is 11.4. The van der Waals surface area contributed by atoms with E-state index in [9.17, 15) is 9.59 Å². The minimum absolute atomic E-state index is 0.0528. The molecule has 1 saturated carbocycles. The first kappa shape index (κ1) is 20.3. The molecule has 1 amide bonds. The van der Waals surface area contributed by atoms with Gasteiger partial charge in [0.25, 0.3) is 11.6 Å². The van der Waals surface area contributed by atoms with Gasteiger partial charge in [-0.05, 0) is 45.6 Å². The van der Waals surface area contributed by atoms with Gasteiger partial charge in [0.15, 0.2) is 10.9 Å². The molecule has 4 heterocycles. The van der Waals surface area contributed by atoms with E-state index in [4.69, 9.17) is 9.26 Å². The SMILES string of the molecule is CC(=O)c1sc(N(C[C@@H]2CCCO2)C(=O)c2cc(C3CC3)nc3onc(C)c23)nc1C. The quantitative estimate of drug-likeness (QED) is 0.530. The van der Waals surface area contributed by atoms with Crippen LogP contribution in [-0.2, 0) is 4.74 Å². The molecule has 0 N–H and O–H groups in total. The zero-order valence-corrected chi connectivity index (χ0v) is 18.6. The maximum Gasteiger partial charge on any atom is 0.261 e. The van der Waals surface area contributed by atoms with Gasteiger partial charge in [0.2, 0.25) is 0 Å². The summed E-state index contributed by atoms with van der Waals surface area (Å²) in [6.07, 6.45) is 3.93. The van der Waals surface area contributed by atoms with Crippen molar-refractivity contribution in [3.63, 3.8) is 0 Å². The first-order chi connectivity index (χ1) is 14.9. The van der Waals surface area contributed by atoms with E-state index in [0.717, 1.165) is 31.4 Å². The maximum absolute atomic E-state index is 13.9. The monoisotopic (exact) mass is 440 g/mol. The summed E-state index contributed by atoms with van der Waals surface area (Å²) in [5.74, 6) is 0.113. The highest BCUT2D eigenvalue weighted by Gasteiger charge is 2.33. The molecule has 0 unspecified atom stereocenters. The number of carbonyl (C=O) groups excluding carboxylic acids is 2. The van der Waals surface area contributed by atoms with E-state index < -0.39 is 0 Å². The van der Waals surface area contributed by atoms with E-state index in [1.165, 1.54) is 18.3 Å². The summed E-state index contributed by atoms with van der Waals surface area (Å²) in [4.78, 5) is 37.3. The van der Waals surface area contributed by atoms with Crippen molar-refractivity contribution in [2.45, 2.75) is 58.5 Å². The number of thiazole rings is 1. The highest BCUT2D eigenvalue weighted by molar-refractivity contribution is 7.17. The van der Waals surface area contributed by atoms with Gasteiger partial charge in [-0.1, -0.05) is 16.5 Å². The second-order valence-corrected chi connectivity index (χ2v) is 9.31. The number of pyridine rings is 1. The lowest BCUT2D eigenvalue weighted by Crippen LogP contribution is -2.37. The van der Waals surface area contributed by atoms with Crippen LogP contribution in [0.25, 0.3) is 11.1 Å². The molecule has 2 aliphatic rings. The molecule has 5 rings (SSSR count). The summed E-state index contributed by atoms with van der Waals surface area (Å²) in [7, 11) is 0. The number of aromatic nitrogens is 3. The molecule has 31 heavy (non-hydrogen) atoms. The Bertz CT molecular complexity index is 1170. The fraction of sp³-hybridized carbons (Fsp3) is 0.500. The van der Waals surface area contributed by atoms with Crippen LogP contribution >= 0.6 is 11.3 Å². The maximum atomic E-state index is 13.9. The standard InChI is InChI=1S/C22H24N4O4S/c1-11-18-16(9-17(14-6-7-14)24-20(18)30-25-11)21(28)26(10-15-5-4-8-29-15)22-23-12(2)19(31-22)13(3)27/h9,14-15H,4-8,10H2,1-3H3/t15-/m0/s1. The Labute approximate surface area is 183 Å². The first-order valence-electron chi connectivity index (χ1n) is 10.6. The van der Waals surface area contributed by atoms with Gasteiger partial charge in [-0.3, -0.25) is 14.5 Å². The molecule has 8 nitrogen and oxygen atoms in total. The lowest BCUT2D eigenvalue weighted by atomic mass is 10.1. The highest BCUT2D eigenvalue weighted by Crippen LogP contribution is 2.41. The lowest BCUT2D eigenvalue weighted by molar-refractivity contribution is 0.0918. The third-order valence-corrected chi connectivity index (χ3v) is 7.14. The summed E-state index contributed by atoms with van der Waals surface area (Å²) >= 11 is 1.25. The number of anilines is 1. The fourth-order valence-corrected chi connectivity index (χ4v) is 5.05. The van der Waals surface area contributed by atoms with Gasteiger partial charge in [-0.25, -0.2) is 9.97 Å². The molecule has 0 bridgehead atoms. The number of amides is 1. The molecule has 3 aromatic rings. The van der Waals surface area contributed by atoms with Crippen molar-refractivity contribution in [3.05, 3.63) is 33.6 Å². The summed E-state index contributed by atoms with van der Waals surface area (Å²) < 4.78 is 11.2. The van der Waals surface area contributed by atoms with Crippen molar-refractivity contribution < 1.29 is 18.8 Å². The molecule has 1 saturated heterocycles. The summed E-state index contributed by atoms with van der Waals surface area (Å²) in [5, 5.41) is 5.19. The van der Waals surface area contributed by atoms with Gasteiger partial charge >= 0.3 is 0 Å². The number of fused-ring (bicyclic) bond motifs is 1. The predicted molar refractivity (Wildman–Crippen MR) is 116 cm³/mol. The lowest BCUT2D eigenvalue weighted by Gasteiger charge is -2.23.